The van der Waals surface area contributed by atoms with Crippen molar-refractivity contribution in [1.82, 2.24) is 9.88 Å². The molecular weight excluding hydrogens is 338 g/mol. The van der Waals surface area contributed by atoms with E-state index in [1.165, 1.54) is 0 Å². The Morgan fingerprint density at radius 3 is 2.26 bits per heavy atom. The molecule has 1 aliphatic rings. The van der Waals surface area contributed by atoms with E-state index >= 15 is 0 Å². The number of anilines is 1. The summed E-state index contributed by atoms with van der Waals surface area (Å²) in [5, 5.41) is 4.48. The molecule has 0 saturated carbocycles. The Morgan fingerprint density at radius 2 is 1.56 bits per heavy atom. The number of hydrogen-bond acceptors (Lipinski definition) is 5. The molecule has 5 nitrogen and oxygen atoms in total. The molecule has 1 unspecified atom stereocenters. The summed E-state index contributed by atoms with van der Waals surface area (Å²) >= 11 is 0. The van der Waals surface area contributed by atoms with Crippen LogP contribution in [0.3, 0.4) is 0 Å². The third-order valence-electron chi connectivity index (χ3n) is 4.89. The van der Waals surface area contributed by atoms with Crippen molar-refractivity contribution >= 4 is 16.7 Å². The van der Waals surface area contributed by atoms with Gasteiger partial charge in [0.05, 0.1) is 5.52 Å². The number of ether oxygens (including phenoxy) is 2. The minimum absolute atomic E-state index is 0.225. The molecule has 0 spiro atoms. The van der Waals surface area contributed by atoms with Gasteiger partial charge in [-0.05, 0) is 44.3 Å². The monoisotopic (exact) mass is 363 g/mol. The summed E-state index contributed by atoms with van der Waals surface area (Å²) in [5.41, 5.74) is 0.886. The van der Waals surface area contributed by atoms with Gasteiger partial charge in [-0.15, -0.1) is 0 Å². The van der Waals surface area contributed by atoms with Crippen LogP contribution >= 0.6 is 0 Å². The zero-order valence-electron chi connectivity index (χ0n) is 16.0. The smallest absolute Gasteiger partial charge is 0.212 e. The first-order valence-corrected chi connectivity index (χ1v) is 9.56. The van der Waals surface area contributed by atoms with Gasteiger partial charge in [-0.25, -0.2) is 4.98 Å². The van der Waals surface area contributed by atoms with Gasteiger partial charge in [-0.3, -0.25) is 0 Å². The van der Waals surface area contributed by atoms with Crippen molar-refractivity contribution in [3.05, 3.63) is 48.5 Å². The fourth-order valence-corrected chi connectivity index (χ4v) is 3.44. The lowest BCUT2D eigenvalue weighted by Crippen LogP contribution is -2.35. The number of likely N-dealkylation sites (N-methyl/N-ethyl adjacent to an activating group) is 1. The summed E-state index contributed by atoms with van der Waals surface area (Å²) in [7, 11) is 0. The fraction of sp³-hybridized carbons (Fsp3) is 0.318. The van der Waals surface area contributed by atoms with Crippen LogP contribution in [0, 0.1) is 0 Å². The Bertz CT molecular complexity index is 953. The first kappa shape index (κ1) is 17.6. The van der Waals surface area contributed by atoms with Gasteiger partial charge in [-0.1, -0.05) is 38.1 Å². The van der Waals surface area contributed by atoms with Crippen LogP contribution < -0.4 is 14.8 Å². The van der Waals surface area contributed by atoms with Crippen LogP contribution in [0.25, 0.3) is 10.9 Å². The van der Waals surface area contributed by atoms with Gasteiger partial charge >= 0.3 is 0 Å². The van der Waals surface area contributed by atoms with Gasteiger partial charge in [-0.2, -0.15) is 0 Å². The molecule has 1 aliphatic heterocycles. The molecule has 1 aromatic heterocycles. The molecular formula is C22H25N3O2. The number of nitrogens with zero attached hydrogens (tertiary/aromatic N) is 2. The van der Waals surface area contributed by atoms with Crippen molar-refractivity contribution in [2.45, 2.75) is 26.8 Å². The van der Waals surface area contributed by atoms with Crippen LogP contribution in [0.5, 0.6) is 23.0 Å². The third-order valence-corrected chi connectivity index (χ3v) is 4.89. The van der Waals surface area contributed by atoms with Gasteiger partial charge in [0.15, 0.2) is 23.1 Å². The van der Waals surface area contributed by atoms with Crippen LogP contribution in [0.1, 0.15) is 20.8 Å². The minimum Gasteiger partial charge on any atom is -0.449 e. The van der Waals surface area contributed by atoms with Crippen molar-refractivity contribution < 1.29 is 9.47 Å². The number of pyridine rings is 1. The number of nitrogens with one attached hydrogen (secondary N) is 1. The predicted octanol–water partition coefficient (Wildman–Crippen LogP) is 5.28. The van der Waals surface area contributed by atoms with Crippen molar-refractivity contribution in [1.29, 1.82) is 0 Å². The van der Waals surface area contributed by atoms with E-state index in [4.69, 9.17) is 14.5 Å². The number of para-hydroxylation sites is 3. The van der Waals surface area contributed by atoms with E-state index in [2.05, 4.69) is 31.0 Å². The molecule has 0 fully saturated rings. The lowest BCUT2D eigenvalue weighted by molar-refractivity contribution is 0.294. The average molecular weight is 363 g/mol. The van der Waals surface area contributed by atoms with Gasteiger partial charge < -0.3 is 19.7 Å². The largest absolute Gasteiger partial charge is 0.449 e. The number of fused-ring (bicyclic) bond motifs is 4. The summed E-state index contributed by atoms with van der Waals surface area (Å²) in [6, 6.07) is 15.9. The predicted molar refractivity (Wildman–Crippen MR) is 109 cm³/mol. The van der Waals surface area contributed by atoms with E-state index in [1.54, 1.807) is 0 Å². The number of benzene rings is 2. The average Bonchev–Trinajstić information content (AvgIpc) is 2.71. The van der Waals surface area contributed by atoms with Crippen molar-refractivity contribution in [2.24, 2.45) is 0 Å². The summed E-state index contributed by atoms with van der Waals surface area (Å²) in [4.78, 5) is 7.21. The Labute approximate surface area is 159 Å². The molecule has 2 heterocycles. The Kier molecular flexibility index (Phi) is 4.86. The third kappa shape index (κ3) is 3.43. The van der Waals surface area contributed by atoms with Crippen molar-refractivity contribution in [2.75, 3.05) is 25.0 Å². The zero-order valence-corrected chi connectivity index (χ0v) is 16.0. The molecule has 0 saturated heterocycles. The molecule has 1 atom stereocenters. The Morgan fingerprint density at radius 1 is 0.926 bits per heavy atom. The highest BCUT2D eigenvalue weighted by atomic mass is 16.6. The molecule has 1 N–H and O–H groups in total. The Hall–Kier alpha value is -2.79. The van der Waals surface area contributed by atoms with E-state index in [1.807, 2.05) is 48.5 Å². The van der Waals surface area contributed by atoms with Gasteiger partial charge in [0.2, 0.25) is 5.75 Å². The van der Waals surface area contributed by atoms with Crippen LogP contribution in [-0.2, 0) is 0 Å². The van der Waals surface area contributed by atoms with Gasteiger partial charge in [0.25, 0.3) is 0 Å². The van der Waals surface area contributed by atoms with Crippen molar-refractivity contribution in [3.8, 4) is 23.0 Å². The van der Waals surface area contributed by atoms with Gasteiger partial charge in [0, 0.05) is 18.0 Å². The number of rotatable bonds is 6. The maximum absolute atomic E-state index is 6.22. The summed E-state index contributed by atoms with van der Waals surface area (Å²) < 4.78 is 12.4. The van der Waals surface area contributed by atoms with Gasteiger partial charge in [0.1, 0.15) is 0 Å². The molecule has 0 bridgehead atoms. The SMILES string of the molecule is CCN(CC)CC(C)Nc1nc2ccccc2c2c1Oc1ccccc1O2. The number of aromatic nitrogens is 1. The first-order valence-electron chi connectivity index (χ1n) is 9.56. The summed E-state index contributed by atoms with van der Waals surface area (Å²) in [6.45, 7) is 9.52. The summed E-state index contributed by atoms with van der Waals surface area (Å²) in [6.07, 6.45) is 0. The maximum Gasteiger partial charge on any atom is 0.212 e. The highest BCUT2D eigenvalue weighted by Crippen LogP contribution is 2.51. The molecule has 0 aliphatic carbocycles. The van der Waals surface area contributed by atoms with Crippen LogP contribution in [0.15, 0.2) is 48.5 Å². The quantitative estimate of drug-likeness (QED) is 0.505. The molecule has 27 heavy (non-hydrogen) atoms. The normalized spacial score (nSPS) is 13.5. The second-order valence-electron chi connectivity index (χ2n) is 6.82. The van der Waals surface area contributed by atoms with Crippen molar-refractivity contribution in [3.63, 3.8) is 0 Å². The molecule has 2 aromatic carbocycles. The van der Waals surface area contributed by atoms with Crippen LogP contribution in [0.2, 0.25) is 0 Å². The topological polar surface area (TPSA) is 46.6 Å². The molecule has 5 heteroatoms. The highest BCUT2D eigenvalue weighted by Gasteiger charge is 2.26. The standard InChI is InChI=1S/C22H25N3O2/c1-4-25(5-2)14-15(3)23-22-21-20(16-10-6-7-11-17(16)24-22)26-18-12-8-9-13-19(18)27-21/h6-13,15H,4-5,14H2,1-3H3,(H,23,24). The molecule has 4 rings (SSSR count). The first-order chi connectivity index (χ1) is 13.2. The van der Waals surface area contributed by atoms with E-state index in [0.29, 0.717) is 11.5 Å². The van der Waals surface area contributed by atoms with Crippen LogP contribution in [0.4, 0.5) is 5.82 Å². The van der Waals surface area contributed by atoms with Crippen LogP contribution in [-0.4, -0.2) is 35.6 Å². The molecule has 0 amide bonds. The zero-order chi connectivity index (χ0) is 18.8. The fourth-order valence-electron chi connectivity index (χ4n) is 3.44. The van der Waals surface area contributed by atoms with E-state index in [-0.39, 0.29) is 6.04 Å². The summed E-state index contributed by atoms with van der Waals surface area (Å²) in [5.74, 6) is 3.53. The minimum atomic E-state index is 0.225. The van der Waals surface area contributed by atoms with E-state index in [0.717, 1.165) is 47.9 Å². The maximum atomic E-state index is 6.22. The lowest BCUT2D eigenvalue weighted by atomic mass is 10.1. The Balaban J connectivity index is 1.73. The molecule has 3 aromatic rings. The second-order valence-corrected chi connectivity index (χ2v) is 6.82. The second kappa shape index (κ2) is 7.45. The number of hydrogen-bond donors (Lipinski definition) is 1. The molecule has 0 radical (unpaired) electrons. The molecule has 140 valence electrons. The van der Waals surface area contributed by atoms with E-state index < -0.39 is 0 Å². The highest BCUT2D eigenvalue weighted by molar-refractivity contribution is 5.92. The lowest BCUT2D eigenvalue weighted by Gasteiger charge is -2.27. The van der Waals surface area contributed by atoms with E-state index in [9.17, 15) is 0 Å².